The van der Waals surface area contributed by atoms with Crippen LogP contribution in [0.25, 0.3) is 0 Å². The predicted octanol–water partition coefficient (Wildman–Crippen LogP) is 1.14. The number of piperidine rings is 1. The van der Waals surface area contributed by atoms with Crippen LogP contribution in [-0.2, 0) is 19.1 Å². The van der Waals surface area contributed by atoms with Crippen molar-refractivity contribution in [1.82, 2.24) is 4.90 Å². The maximum atomic E-state index is 12.3. The third-order valence-corrected chi connectivity index (χ3v) is 3.74. The zero-order chi connectivity index (χ0) is 15.1. The van der Waals surface area contributed by atoms with Crippen molar-refractivity contribution >= 4 is 11.9 Å². The van der Waals surface area contributed by atoms with Gasteiger partial charge in [-0.2, -0.15) is 0 Å². The summed E-state index contributed by atoms with van der Waals surface area (Å²) in [5.74, 6) is -1.46. The zero-order valence-corrected chi connectivity index (χ0v) is 12.5. The van der Waals surface area contributed by atoms with Crippen LogP contribution in [0.2, 0.25) is 0 Å². The molecule has 1 rings (SSSR count). The fourth-order valence-electron chi connectivity index (χ4n) is 2.52. The fraction of sp³-hybridized carbons (Fsp3) is 0.857. The fourth-order valence-corrected chi connectivity index (χ4v) is 2.52. The van der Waals surface area contributed by atoms with Crippen molar-refractivity contribution in [2.45, 2.75) is 45.8 Å². The summed E-state index contributed by atoms with van der Waals surface area (Å²) in [5, 5.41) is 9.16. The Kier molecular flexibility index (Phi) is 6.95. The van der Waals surface area contributed by atoms with E-state index < -0.39 is 18.0 Å². The highest BCUT2D eigenvalue weighted by atomic mass is 16.5. The predicted molar refractivity (Wildman–Crippen MR) is 73.4 cm³/mol. The van der Waals surface area contributed by atoms with Gasteiger partial charge in [-0.15, -0.1) is 0 Å². The number of ether oxygens (including phenoxy) is 2. The normalized spacial score (nSPS) is 24.4. The van der Waals surface area contributed by atoms with E-state index in [9.17, 15) is 9.59 Å². The minimum Gasteiger partial charge on any atom is -0.481 e. The number of amides is 1. The lowest BCUT2D eigenvalue weighted by Crippen LogP contribution is -2.52. The summed E-state index contributed by atoms with van der Waals surface area (Å²) in [7, 11) is 0. The second-order valence-electron chi connectivity index (χ2n) is 5.07. The summed E-state index contributed by atoms with van der Waals surface area (Å²) >= 11 is 0. The van der Waals surface area contributed by atoms with Gasteiger partial charge in [0, 0.05) is 19.2 Å². The lowest BCUT2D eigenvalue weighted by atomic mass is 9.90. The van der Waals surface area contributed by atoms with Gasteiger partial charge in [-0.25, -0.2) is 0 Å². The van der Waals surface area contributed by atoms with Gasteiger partial charge in [0.15, 0.2) is 0 Å². The lowest BCUT2D eigenvalue weighted by Gasteiger charge is -2.38. The molecule has 1 heterocycles. The Morgan fingerprint density at radius 3 is 2.70 bits per heavy atom. The van der Waals surface area contributed by atoms with E-state index in [-0.39, 0.29) is 11.9 Å². The molecule has 0 saturated carbocycles. The molecule has 0 aromatic carbocycles. The van der Waals surface area contributed by atoms with E-state index in [4.69, 9.17) is 14.6 Å². The van der Waals surface area contributed by atoms with Crippen LogP contribution in [0, 0.1) is 5.92 Å². The van der Waals surface area contributed by atoms with Gasteiger partial charge in [0.25, 0.3) is 5.91 Å². The van der Waals surface area contributed by atoms with Crippen LogP contribution in [0.5, 0.6) is 0 Å². The number of carbonyl (C=O) groups excluding carboxylic acids is 1. The molecule has 1 amide bonds. The first kappa shape index (κ1) is 16.9. The van der Waals surface area contributed by atoms with Gasteiger partial charge >= 0.3 is 5.97 Å². The largest absolute Gasteiger partial charge is 0.481 e. The molecule has 1 unspecified atom stereocenters. The lowest BCUT2D eigenvalue weighted by molar-refractivity contribution is -0.154. The second kappa shape index (κ2) is 8.21. The van der Waals surface area contributed by atoms with Crippen molar-refractivity contribution in [3.8, 4) is 0 Å². The molecule has 1 saturated heterocycles. The third kappa shape index (κ3) is 4.45. The smallest absolute Gasteiger partial charge is 0.308 e. The van der Waals surface area contributed by atoms with E-state index in [1.165, 1.54) is 0 Å². The average Bonchev–Trinajstić information content (AvgIpc) is 2.42. The second-order valence-corrected chi connectivity index (χ2v) is 5.07. The molecular weight excluding hydrogens is 262 g/mol. The monoisotopic (exact) mass is 287 g/mol. The highest BCUT2D eigenvalue weighted by Gasteiger charge is 2.36. The summed E-state index contributed by atoms with van der Waals surface area (Å²) in [4.78, 5) is 25.1. The van der Waals surface area contributed by atoms with Crippen LogP contribution in [0.3, 0.4) is 0 Å². The molecule has 20 heavy (non-hydrogen) atoms. The Morgan fingerprint density at radius 1 is 1.40 bits per heavy atom. The van der Waals surface area contributed by atoms with Crippen molar-refractivity contribution in [1.29, 1.82) is 0 Å². The van der Waals surface area contributed by atoms with Crippen LogP contribution >= 0.6 is 0 Å². The molecule has 3 atom stereocenters. The van der Waals surface area contributed by atoms with Crippen LogP contribution in [0.1, 0.15) is 33.6 Å². The molecular formula is C14H25NO5. The van der Waals surface area contributed by atoms with Gasteiger partial charge in [-0.3, -0.25) is 9.59 Å². The molecule has 1 aliphatic rings. The molecule has 1 N–H and O–H groups in total. The van der Waals surface area contributed by atoms with E-state index in [1.54, 1.807) is 18.7 Å². The van der Waals surface area contributed by atoms with Crippen molar-refractivity contribution in [3.63, 3.8) is 0 Å². The van der Waals surface area contributed by atoms with Crippen molar-refractivity contribution in [3.05, 3.63) is 0 Å². The number of likely N-dealkylation sites (tertiary alicyclic amines) is 1. The van der Waals surface area contributed by atoms with Gasteiger partial charge in [-0.05, 0) is 33.6 Å². The van der Waals surface area contributed by atoms with Crippen molar-refractivity contribution < 1.29 is 24.2 Å². The number of hydrogen-bond donors (Lipinski definition) is 1. The number of nitrogens with zero attached hydrogens (tertiary/aromatic N) is 1. The molecule has 6 nitrogen and oxygen atoms in total. The molecule has 0 radical (unpaired) electrons. The first-order chi connectivity index (χ1) is 9.49. The molecule has 1 fully saturated rings. The third-order valence-electron chi connectivity index (χ3n) is 3.74. The first-order valence-corrected chi connectivity index (χ1v) is 7.21. The highest BCUT2D eigenvalue weighted by Crippen LogP contribution is 2.24. The minimum absolute atomic E-state index is 0.139. The quantitative estimate of drug-likeness (QED) is 0.711. The number of carbonyl (C=O) groups is 2. The molecule has 0 aromatic rings. The number of carboxylic acids is 1. The summed E-state index contributed by atoms with van der Waals surface area (Å²) in [6.07, 6.45) is 0.781. The standard InChI is InChI=1S/C14H25NO5/c1-4-19-8-9-20-11(3)13(16)15-7-5-6-12(10(15)2)14(17)18/h10-12H,4-9H2,1-3H3,(H,17,18)/t10-,11?,12-/m0/s1. The van der Waals surface area contributed by atoms with Gasteiger partial charge < -0.3 is 19.5 Å². The first-order valence-electron chi connectivity index (χ1n) is 7.21. The SMILES string of the molecule is CCOCCOC(C)C(=O)N1CCC[C@H](C(=O)O)[C@@H]1C. The Labute approximate surface area is 120 Å². The molecule has 0 bridgehead atoms. The van der Waals surface area contributed by atoms with E-state index in [0.29, 0.717) is 32.8 Å². The highest BCUT2D eigenvalue weighted by molar-refractivity contribution is 5.82. The summed E-state index contributed by atoms with van der Waals surface area (Å²) in [6, 6.07) is -0.285. The van der Waals surface area contributed by atoms with Crippen LogP contribution in [0.15, 0.2) is 0 Å². The van der Waals surface area contributed by atoms with E-state index in [0.717, 1.165) is 6.42 Å². The van der Waals surface area contributed by atoms with Gasteiger partial charge in [-0.1, -0.05) is 0 Å². The maximum absolute atomic E-state index is 12.3. The molecule has 1 aliphatic heterocycles. The van der Waals surface area contributed by atoms with E-state index >= 15 is 0 Å². The van der Waals surface area contributed by atoms with Crippen molar-refractivity contribution in [2.75, 3.05) is 26.4 Å². The Hall–Kier alpha value is -1.14. The molecule has 0 spiro atoms. The maximum Gasteiger partial charge on any atom is 0.308 e. The van der Waals surface area contributed by atoms with E-state index in [1.807, 2.05) is 6.92 Å². The Bertz CT molecular complexity index is 334. The number of carboxylic acid groups (broad SMARTS) is 1. The average molecular weight is 287 g/mol. The Balaban J connectivity index is 2.50. The van der Waals surface area contributed by atoms with E-state index in [2.05, 4.69) is 0 Å². The summed E-state index contributed by atoms with van der Waals surface area (Å²) < 4.78 is 10.6. The summed E-state index contributed by atoms with van der Waals surface area (Å²) in [6.45, 7) is 7.44. The van der Waals surface area contributed by atoms with Crippen LogP contribution < -0.4 is 0 Å². The molecule has 6 heteroatoms. The number of hydrogen-bond acceptors (Lipinski definition) is 4. The number of aliphatic carboxylic acids is 1. The molecule has 0 aliphatic carbocycles. The zero-order valence-electron chi connectivity index (χ0n) is 12.5. The van der Waals surface area contributed by atoms with Gasteiger partial charge in [0.05, 0.1) is 19.1 Å². The van der Waals surface area contributed by atoms with Gasteiger partial charge in [0.2, 0.25) is 0 Å². The molecule has 116 valence electrons. The molecule has 0 aromatic heterocycles. The van der Waals surface area contributed by atoms with Crippen LogP contribution in [-0.4, -0.2) is 60.4 Å². The summed E-state index contributed by atoms with van der Waals surface area (Å²) in [5.41, 5.74) is 0. The van der Waals surface area contributed by atoms with Gasteiger partial charge in [0.1, 0.15) is 6.10 Å². The number of rotatable bonds is 7. The Morgan fingerprint density at radius 2 is 2.10 bits per heavy atom. The van der Waals surface area contributed by atoms with Crippen LogP contribution in [0.4, 0.5) is 0 Å². The minimum atomic E-state index is -0.833. The topological polar surface area (TPSA) is 76.1 Å². The van der Waals surface area contributed by atoms with Crippen molar-refractivity contribution in [2.24, 2.45) is 5.92 Å².